The summed E-state index contributed by atoms with van der Waals surface area (Å²) in [5.74, 6) is -5.97. The first-order chi connectivity index (χ1) is 15.0. The van der Waals surface area contributed by atoms with Gasteiger partial charge < -0.3 is 0 Å². The summed E-state index contributed by atoms with van der Waals surface area (Å²) in [6.07, 6.45) is 4.85. The molecule has 0 fully saturated rings. The Kier molecular flexibility index (Phi) is 16.0. The van der Waals surface area contributed by atoms with Crippen LogP contribution in [0.1, 0.15) is 110 Å². The van der Waals surface area contributed by atoms with Gasteiger partial charge in [0.25, 0.3) is 0 Å². The first-order valence-electron chi connectivity index (χ1n) is 11.5. The van der Waals surface area contributed by atoms with Crippen LogP contribution in [-0.4, -0.2) is 24.0 Å². The van der Waals surface area contributed by atoms with Crippen LogP contribution in [0.5, 0.6) is 0 Å². The molecule has 0 radical (unpaired) electrons. The van der Waals surface area contributed by atoms with Crippen LogP contribution in [0.3, 0.4) is 0 Å². The van der Waals surface area contributed by atoms with Gasteiger partial charge in [0, 0.05) is 12.0 Å². The second kappa shape index (κ2) is 16.9. The molecule has 0 bridgehead atoms. The highest BCUT2D eigenvalue weighted by molar-refractivity contribution is 5.87. The van der Waals surface area contributed by atoms with Crippen LogP contribution in [0, 0.1) is 0 Å². The van der Waals surface area contributed by atoms with Crippen LogP contribution in [-0.2, 0) is 19.4 Å². The Balaban J connectivity index is 3.70. The van der Waals surface area contributed by atoms with Crippen molar-refractivity contribution in [3.63, 3.8) is 0 Å². The van der Waals surface area contributed by atoms with E-state index in [1.54, 1.807) is 13.0 Å². The van der Waals surface area contributed by atoms with E-state index in [0.717, 1.165) is 25.7 Å². The third kappa shape index (κ3) is 15.2. The summed E-state index contributed by atoms with van der Waals surface area (Å²) in [6, 6.07) is 0. The number of alkyl halides is 5. The fourth-order valence-electron chi connectivity index (χ4n) is 2.98. The van der Waals surface area contributed by atoms with Crippen molar-refractivity contribution in [2.45, 2.75) is 122 Å². The number of hydrogen-bond acceptors (Lipinski definition) is 4. The van der Waals surface area contributed by atoms with Gasteiger partial charge in [-0.05, 0) is 32.6 Å². The van der Waals surface area contributed by atoms with E-state index in [9.17, 15) is 31.5 Å². The highest BCUT2D eigenvalue weighted by atomic mass is 19.4. The SMILES string of the molecule is CCCCCCC/C=C(\C)C(=O)OOC(=O)CCCCCCCCCC(F)(F)C(F)(F)F. The van der Waals surface area contributed by atoms with Gasteiger partial charge in [-0.15, -0.1) is 0 Å². The first kappa shape index (κ1) is 30.3. The van der Waals surface area contributed by atoms with Crippen molar-refractivity contribution in [3.05, 3.63) is 11.6 Å². The van der Waals surface area contributed by atoms with Gasteiger partial charge in [0.2, 0.25) is 0 Å². The average Bonchev–Trinajstić information content (AvgIpc) is 2.72. The van der Waals surface area contributed by atoms with E-state index in [2.05, 4.69) is 16.7 Å². The van der Waals surface area contributed by atoms with E-state index in [1.807, 2.05) is 0 Å². The third-order valence-corrected chi connectivity index (χ3v) is 5.08. The number of halogens is 5. The number of hydrogen-bond donors (Lipinski definition) is 0. The maximum atomic E-state index is 12.7. The smallest absolute Gasteiger partial charge is 0.247 e. The molecule has 0 amide bonds. The Labute approximate surface area is 187 Å². The lowest BCUT2D eigenvalue weighted by Crippen LogP contribution is -2.36. The number of carbonyl (C=O) groups is 2. The molecule has 0 aliphatic heterocycles. The molecule has 0 aromatic carbocycles. The Bertz CT molecular complexity index is 559. The minimum absolute atomic E-state index is 0.0747. The normalized spacial score (nSPS) is 12.7. The Morgan fingerprint density at radius 1 is 0.750 bits per heavy atom. The zero-order chi connectivity index (χ0) is 24.5. The topological polar surface area (TPSA) is 52.6 Å². The zero-order valence-corrected chi connectivity index (χ0v) is 19.2. The van der Waals surface area contributed by atoms with E-state index >= 15 is 0 Å². The molecule has 0 N–H and O–H groups in total. The van der Waals surface area contributed by atoms with Gasteiger partial charge in [0.15, 0.2) is 0 Å². The van der Waals surface area contributed by atoms with Gasteiger partial charge in [0.1, 0.15) is 0 Å². The molecular weight excluding hydrogens is 435 g/mol. The molecule has 4 nitrogen and oxygen atoms in total. The molecule has 0 aromatic rings. The summed E-state index contributed by atoms with van der Waals surface area (Å²) in [5.41, 5.74) is 0.390. The number of allylic oxidation sites excluding steroid dienone is 1. The average molecular weight is 473 g/mol. The van der Waals surface area contributed by atoms with Gasteiger partial charge in [-0.1, -0.05) is 70.8 Å². The van der Waals surface area contributed by atoms with Gasteiger partial charge in [-0.3, -0.25) is 0 Å². The fraction of sp³-hybridized carbons (Fsp3) is 0.826. The molecule has 0 saturated heterocycles. The lowest BCUT2D eigenvalue weighted by molar-refractivity contribution is -0.284. The second-order valence-electron chi connectivity index (χ2n) is 8.09. The summed E-state index contributed by atoms with van der Waals surface area (Å²) >= 11 is 0. The predicted molar refractivity (Wildman–Crippen MR) is 112 cm³/mol. The summed E-state index contributed by atoms with van der Waals surface area (Å²) < 4.78 is 61.6. The highest BCUT2D eigenvalue weighted by Crippen LogP contribution is 2.39. The number of unbranched alkanes of at least 4 members (excludes halogenated alkanes) is 11. The Morgan fingerprint density at radius 3 is 1.88 bits per heavy atom. The van der Waals surface area contributed by atoms with E-state index < -0.39 is 30.5 Å². The minimum atomic E-state index is -5.49. The van der Waals surface area contributed by atoms with Crippen LogP contribution in [0.25, 0.3) is 0 Å². The maximum Gasteiger partial charge on any atom is 0.453 e. The van der Waals surface area contributed by atoms with E-state index in [1.165, 1.54) is 19.3 Å². The van der Waals surface area contributed by atoms with Crippen LogP contribution >= 0.6 is 0 Å². The van der Waals surface area contributed by atoms with E-state index in [-0.39, 0.29) is 12.8 Å². The second-order valence-corrected chi connectivity index (χ2v) is 8.09. The van der Waals surface area contributed by atoms with Crippen molar-refractivity contribution in [3.8, 4) is 0 Å². The molecule has 0 aliphatic rings. The molecule has 0 atom stereocenters. The molecular formula is C23H37F5O4. The van der Waals surface area contributed by atoms with Gasteiger partial charge in [-0.2, -0.15) is 22.0 Å². The summed E-state index contributed by atoms with van der Waals surface area (Å²) in [4.78, 5) is 32.4. The minimum Gasteiger partial charge on any atom is -0.247 e. The molecule has 32 heavy (non-hydrogen) atoms. The van der Waals surface area contributed by atoms with Gasteiger partial charge in [-0.25, -0.2) is 19.4 Å². The van der Waals surface area contributed by atoms with E-state index in [4.69, 9.17) is 0 Å². The monoisotopic (exact) mass is 472 g/mol. The molecule has 9 heteroatoms. The van der Waals surface area contributed by atoms with Crippen LogP contribution < -0.4 is 0 Å². The molecule has 188 valence electrons. The predicted octanol–water partition coefficient (Wildman–Crippen LogP) is 8.00. The van der Waals surface area contributed by atoms with Crippen molar-refractivity contribution in [1.82, 2.24) is 0 Å². The van der Waals surface area contributed by atoms with Crippen LogP contribution in [0.4, 0.5) is 22.0 Å². The highest BCUT2D eigenvalue weighted by Gasteiger charge is 2.56. The standard InChI is InChI=1S/C23H37F5O4/c1-3-4-5-6-10-13-16-19(2)21(30)32-31-20(29)17-14-11-8-7-9-12-15-18-22(24,25)23(26,27)28/h16H,3-15,17-18H2,1-2H3/b19-16+. The van der Waals surface area contributed by atoms with Crippen LogP contribution in [0.2, 0.25) is 0 Å². The summed E-state index contributed by atoms with van der Waals surface area (Å²) in [7, 11) is 0. The molecule has 0 aromatic heterocycles. The maximum absolute atomic E-state index is 12.7. The molecule has 0 aliphatic carbocycles. The lowest BCUT2D eigenvalue weighted by atomic mass is 10.0. The van der Waals surface area contributed by atoms with Crippen molar-refractivity contribution in [2.24, 2.45) is 0 Å². The molecule has 0 saturated carbocycles. The molecule has 0 heterocycles. The number of carbonyl (C=O) groups excluding carboxylic acids is 2. The zero-order valence-electron chi connectivity index (χ0n) is 19.2. The van der Waals surface area contributed by atoms with Crippen molar-refractivity contribution >= 4 is 11.9 Å². The van der Waals surface area contributed by atoms with Crippen LogP contribution in [0.15, 0.2) is 11.6 Å². The number of rotatable bonds is 17. The summed E-state index contributed by atoms with van der Waals surface area (Å²) in [6.45, 7) is 3.75. The molecule has 0 spiro atoms. The lowest BCUT2D eigenvalue weighted by Gasteiger charge is -2.19. The van der Waals surface area contributed by atoms with Crippen molar-refractivity contribution < 1.29 is 41.3 Å². The van der Waals surface area contributed by atoms with Gasteiger partial charge >= 0.3 is 24.0 Å². The fourth-order valence-corrected chi connectivity index (χ4v) is 2.98. The largest absolute Gasteiger partial charge is 0.453 e. The third-order valence-electron chi connectivity index (χ3n) is 5.08. The Morgan fingerprint density at radius 2 is 1.28 bits per heavy atom. The van der Waals surface area contributed by atoms with Crippen molar-refractivity contribution in [2.75, 3.05) is 0 Å². The van der Waals surface area contributed by atoms with E-state index in [0.29, 0.717) is 37.7 Å². The molecule has 0 rings (SSSR count). The quantitative estimate of drug-likeness (QED) is 0.0707. The summed E-state index contributed by atoms with van der Waals surface area (Å²) in [5, 5.41) is 0. The first-order valence-corrected chi connectivity index (χ1v) is 11.5. The molecule has 0 unspecified atom stereocenters. The van der Waals surface area contributed by atoms with Crippen molar-refractivity contribution in [1.29, 1.82) is 0 Å². The Hall–Kier alpha value is -1.67. The van der Waals surface area contributed by atoms with Gasteiger partial charge in [0.05, 0.1) is 6.42 Å².